The third-order valence-corrected chi connectivity index (χ3v) is 3.09. The topological polar surface area (TPSA) is 29.9 Å². The molecule has 0 fully saturated rings. The van der Waals surface area contributed by atoms with Crippen molar-refractivity contribution in [3.63, 3.8) is 0 Å². The second-order valence-corrected chi connectivity index (χ2v) is 4.55. The van der Waals surface area contributed by atoms with Crippen LogP contribution in [0.5, 0.6) is 0 Å². The van der Waals surface area contributed by atoms with Crippen LogP contribution in [0.3, 0.4) is 0 Å². The Morgan fingerprint density at radius 3 is 2.65 bits per heavy atom. The van der Waals surface area contributed by atoms with Crippen LogP contribution in [-0.4, -0.2) is 9.55 Å². The molecular weight excluding hydrogens is 253 g/mol. The largest absolute Gasteiger partial charge is 0.325 e. The average Bonchev–Trinajstić information content (AvgIpc) is 2.92. The van der Waals surface area contributed by atoms with Crippen molar-refractivity contribution < 1.29 is 4.39 Å². The molecule has 0 aliphatic rings. The summed E-state index contributed by atoms with van der Waals surface area (Å²) in [4.78, 5) is 4.30. The van der Waals surface area contributed by atoms with Gasteiger partial charge in [-0.2, -0.15) is 0 Å². The number of imidazole rings is 1. The maximum atomic E-state index is 13.3. The van der Waals surface area contributed by atoms with E-state index in [1.54, 1.807) is 25.3 Å². The molecule has 1 heterocycles. The Morgan fingerprint density at radius 2 is 1.90 bits per heavy atom. The molecule has 100 valence electrons. The lowest BCUT2D eigenvalue weighted by Gasteiger charge is -2.10. The van der Waals surface area contributed by atoms with Gasteiger partial charge < -0.3 is 5.32 Å². The lowest BCUT2D eigenvalue weighted by atomic mass is 10.2. The minimum absolute atomic E-state index is 0.207. The van der Waals surface area contributed by atoms with Crippen molar-refractivity contribution in [2.75, 3.05) is 5.32 Å². The number of aryl methyl sites for hydroxylation is 1. The monoisotopic (exact) mass is 267 g/mol. The van der Waals surface area contributed by atoms with Crippen molar-refractivity contribution in [2.45, 2.75) is 6.92 Å². The fourth-order valence-electron chi connectivity index (χ4n) is 2.04. The van der Waals surface area contributed by atoms with E-state index in [2.05, 4.69) is 10.3 Å². The number of hydrogen-bond acceptors (Lipinski definition) is 2. The van der Waals surface area contributed by atoms with Gasteiger partial charge in [-0.1, -0.05) is 18.2 Å². The van der Waals surface area contributed by atoms with E-state index in [0.29, 0.717) is 11.5 Å². The number of halogens is 1. The molecule has 0 aliphatic heterocycles. The van der Waals surface area contributed by atoms with Crippen molar-refractivity contribution in [1.29, 1.82) is 0 Å². The van der Waals surface area contributed by atoms with Crippen LogP contribution >= 0.6 is 0 Å². The first-order chi connectivity index (χ1) is 9.74. The van der Waals surface area contributed by atoms with Gasteiger partial charge >= 0.3 is 0 Å². The van der Waals surface area contributed by atoms with E-state index >= 15 is 0 Å². The Balaban J connectivity index is 1.92. The summed E-state index contributed by atoms with van der Waals surface area (Å²) in [5.74, 6) is 0.490. The van der Waals surface area contributed by atoms with Crippen LogP contribution in [0.25, 0.3) is 5.69 Å². The predicted molar refractivity (Wildman–Crippen MR) is 78.0 cm³/mol. The molecule has 3 aromatic rings. The van der Waals surface area contributed by atoms with Gasteiger partial charge in [0.1, 0.15) is 5.82 Å². The number of anilines is 2. The molecule has 0 atom stereocenters. The molecule has 0 bridgehead atoms. The first-order valence-corrected chi connectivity index (χ1v) is 6.36. The molecule has 0 aliphatic carbocycles. The molecule has 0 amide bonds. The molecule has 0 saturated carbocycles. The van der Waals surface area contributed by atoms with Gasteiger partial charge in [0.05, 0.1) is 0 Å². The lowest BCUT2D eigenvalue weighted by Crippen LogP contribution is -2.01. The van der Waals surface area contributed by atoms with Gasteiger partial charge in [0, 0.05) is 23.8 Å². The van der Waals surface area contributed by atoms with Gasteiger partial charge in [-0.3, -0.25) is 4.57 Å². The summed E-state index contributed by atoms with van der Waals surface area (Å²) < 4.78 is 15.2. The highest BCUT2D eigenvalue weighted by Gasteiger charge is 2.06. The normalized spacial score (nSPS) is 10.5. The van der Waals surface area contributed by atoms with E-state index in [-0.39, 0.29) is 5.82 Å². The van der Waals surface area contributed by atoms with Crippen LogP contribution in [0, 0.1) is 12.7 Å². The Hall–Kier alpha value is -2.62. The highest BCUT2D eigenvalue weighted by atomic mass is 19.1. The van der Waals surface area contributed by atoms with Crippen molar-refractivity contribution in [3.8, 4) is 5.69 Å². The molecule has 1 N–H and O–H groups in total. The number of nitrogens with zero attached hydrogens (tertiary/aromatic N) is 2. The van der Waals surface area contributed by atoms with Crippen LogP contribution in [-0.2, 0) is 0 Å². The summed E-state index contributed by atoms with van der Waals surface area (Å²) in [7, 11) is 0. The maximum absolute atomic E-state index is 13.3. The van der Waals surface area contributed by atoms with Gasteiger partial charge in [-0.25, -0.2) is 9.37 Å². The number of hydrogen-bond donors (Lipinski definition) is 1. The van der Waals surface area contributed by atoms with E-state index in [1.165, 1.54) is 6.07 Å². The number of nitrogens with one attached hydrogen (secondary N) is 1. The molecule has 1 aromatic heterocycles. The first-order valence-electron chi connectivity index (χ1n) is 6.36. The number of benzene rings is 2. The molecule has 0 unspecified atom stereocenters. The van der Waals surface area contributed by atoms with Crippen LogP contribution < -0.4 is 5.32 Å². The third-order valence-electron chi connectivity index (χ3n) is 3.09. The molecule has 3 nitrogen and oxygen atoms in total. The second kappa shape index (κ2) is 5.17. The van der Waals surface area contributed by atoms with Gasteiger partial charge in [-0.05, 0) is 42.8 Å². The van der Waals surface area contributed by atoms with Crippen LogP contribution in [0.1, 0.15) is 5.56 Å². The molecule has 0 saturated heterocycles. The maximum Gasteiger partial charge on any atom is 0.212 e. The molecular formula is C16H14FN3. The summed E-state index contributed by atoms with van der Waals surface area (Å²) in [5.41, 5.74) is 2.44. The van der Waals surface area contributed by atoms with Crippen molar-refractivity contribution in [1.82, 2.24) is 9.55 Å². The van der Waals surface area contributed by atoms with Crippen LogP contribution in [0.15, 0.2) is 60.9 Å². The Bertz CT molecular complexity index is 720. The molecule has 0 spiro atoms. The van der Waals surface area contributed by atoms with E-state index in [1.807, 2.05) is 41.1 Å². The zero-order valence-corrected chi connectivity index (χ0v) is 11.0. The van der Waals surface area contributed by atoms with Gasteiger partial charge in [0.2, 0.25) is 5.95 Å². The fraction of sp³-hybridized carbons (Fsp3) is 0.0625. The lowest BCUT2D eigenvalue weighted by molar-refractivity contribution is 0.619. The Labute approximate surface area is 116 Å². The van der Waals surface area contributed by atoms with E-state index in [0.717, 1.165) is 11.4 Å². The summed E-state index contributed by atoms with van der Waals surface area (Å²) in [5, 5.41) is 3.20. The van der Waals surface area contributed by atoms with Crippen molar-refractivity contribution in [3.05, 3.63) is 72.3 Å². The molecule has 20 heavy (non-hydrogen) atoms. The molecule has 2 aromatic carbocycles. The quantitative estimate of drug-likeness (QED) is 0.775. The first kappa shape index (κ1) is 12.4. The number of rotatable bonds is 3. The summed E-state index contributed by atoms with van der Waals surface area (Å²) in [6, 6.07) is 14.8. The van der Waals surface area contributed by atoms with Gasteiger partial charge in [-0.15, -0.1) is 0 Å². The Morgan fingerprint density at radius 1 is 1.10 bits per heavy atom. The molecule has 3 rings (SSSR count). The second-order valence-electron chi connectivity index (χ2n) is 4.55. The average molecular weight is 267 g/mol. The van der Waals surface area contributed by atoms with Crippen molar-refractivity contribution >= 4 is 11.6 Å². The SMILES string of the molecule is Cc1cc(Nc2nccn2-c2ccccc2)ccc1F. The standard InChI is InChI=1S/C16H14FN3/c1-12-11-13(7-8-15(12)17)19-16-18-9-10-20(16)14-5-3-2-4-6-14/h2-11H,1H3,(H,18,19). The predicted octanol–water partition coefficient (Wildman–Crippen LogP) is 4.06. The Kier molecular flexibility index (Phi) is 3.21. The zero-order chi connectivity index (χ0) is 13.9. The molecule has 0 radical (unpaired) electrons. The third kappa shape index (κ3) is 2.40. The minimum atomic E-state index is -0.207. The molecule has 4 heteroatoms. The van der Waals surface area contributed by atoms with Gasteiger partial charge in [0.15, 0.2) is 0 Å². The van der Waals surface area contributed by atoms with E-state index < -0.39 is 0 Å². The van der Waals surface area contributed by atoms with Gasteiger partial charge in [0.25, 0.3) is 0 Å². The summed E-state index contributed by atoms with van der Waals surface area (Å²) >= 11 is 0. The zero-order valence-electron chi connectivity index (χ0n) is 11.0. The highest BCUT2D eigenvalue weighted by molar-refractivity contribution is 5.57. The number of aromatic nitrogens is 2. The van der Waals surface area contributed by atoms with E-state index in [9.17, 15) is 4.39 Å². The smallest absolute Gasteiger partial charge is 0.212 e. The van der Waals surface area contributed by atoms with Crippen LogP contribution in [0.4, 0.5) is 16.0 Å². The summed E-state index contributed by atoms with van der Waals surface area (Å²) in [6.45, 7) is 1.74. The van der Waals surface area contributed by atoms with Crippen LogP contribution in [0.2, 0.25) is 0 Å². The number of para-hydroxylation sites is 1. The summed E-state index contributed by atoms with van der Waals surface area (Å²) in [6.07, 6.45) is 3.61. The van der Waals surface area contributed by atoms with E-state index in [4.69, 9.17) is 0 Å². The fourth-order valence-corrected chi connectivity index (χ4v) is 2.04. The highest BCUT2D eigenvalue weighted by Crippen LogP contribution is 2.20. The van der Waals surface area contributed by atoms with Crippen molar-refractivity contribution in [2.24, 2.45) is 0 Å². The minimum Gasteiger partial charge on any atom is -0.325 e.